The Hall–Kier alpha value is -2.35. The molecule has 106 valence electrons. The molecule has 3 rings (SSSR count). The first-order valence-electron chi connectivity index (χ1n) is 7.44. The van der Waals surface area contributed by atoms with Crippen LogP contribution in [0, 0.1) is 0 Å². The van der Waals surface area contributed by atoms with Crippen molar-refractivity contribution in [2.75, 3.05) is 0 Å². The average Bonchev–Trinajstić information content (AvgIpc) is 2.97. The summed E-state index contributed by atoms with van der Waals surface area (Å²) in [5.74, 6) is 0.474. The van der Waals surface area contributed by atoms with Gasteiger partial charge in [0, 0.05) is 29.1 Å². The molecule has 1 N–H and O–H groups in total. The molecule has 0 amide bonds. The number of para-hydroxylation sites is 1. The Labute approximate surface area is 124 Å². The van der Waals surface area contributed by atoms with Gasteiger partial charge in [0.25, 0.3) is 0 Å². The third-order valence-electron chi connectivity index (χ3n) is 4.08. The maximum atomic E-state index is 12.4. The maximum absolute atomic E-state index is 12.4. The molecule has 0 bridgehead atoms. The van der Waals surface area contributed by atoms with E-state index in [0.717, 1.165) is 17.5 Å². The van der Waals surface area contributed by atoms with Crippen LogP contribution < -0.4 is 0 Å². The molecule has 0 aliphatic rings. The van der Waals surface area contributed by atoms with Crippen molar-refractivity contribution >= 4 is 16.7 Å². The number of carbonyl (C=O) groups is 1. The standard InChI is InChI=1S/C19H19NO/c1-2-14(12-19(21)15-8-4-3-5-9-15)17-13-20-18-11-7-6-10-16(17)18/h3-11,13-14,20H,2,12H2,1H3/t14-/m1/s1. The highest BCUT2D eigenvalue weighted by atomic mass is 16.1. The van der Waals surface area contributed by atoms with Gasteiger partial charge >= 0.3 is 0 Å². The van der Waals surface area contributed by atoms with Crippen LogP contribution in [0.2, 0.25) is 0 Å². The third-order valence-corrected chi connectivity index (χ3v) is 4.08. The molecule has 2 heteroatoms. The van der Waals surface area contributed by atoms with Gasteiger partial charge in [-0.3, -0.25) is 4.79 Å². The summed E-state index contributed by atoms with van der Waals surface area (Å²) in [6.07, 6.45) is 3.57. The highest BCUT2D eigenvalue weighted by Gasteiger charge is 2.18. The van der Waals surface area contributed by atoms with Crippen LogP contribution in [0.3, 0.4) is 0 Å². The van der Waals surface area contributed by atoms with Crippen LogP contribution in [0.4, 0.5) is 0 Å². The number of rotatable bonds is 5. The first kappa shape index (κ1) is 13.6. The lowest BCUT2D eigenvalue weighted by Gasteiger charge is -2.13. The van der Waals surface area contributed by atoms with Crippen LogP contribution in [-0.2, 0) is 0 Å². The fourth-order valence-electron chi connectivity index (χ4n) is 2.87. The van der Waals surface area contributed by atoms with E-state index in [0.29, 0.717) is 6.42 Å². The van der Waals surface area contributed by atoms with E-state index in [2.05, 4.69) is 30.2 Å². The molecule has 0 saturated heterocycles. The molecule has 2 nitrogen and oxygen atoms in total. The summed E-state index contributed by atoms with van der Waals surface area (Å²) in [7, 11) is 0. The summed E-state index contributed by atoms with van der Waals surface area (Å²) >= 11 is 0. The molecule has 1 atom stereocenters. The summed E-state index contributed by atoms with van der Waals surface area (Å²) in [5, 5.41) is 1.23. The van der Waals surface area contributed by atoms with E-state index in [1.807, 2.05) is 42.5 Å². The Balaban J connectivity index is 1.87. The third kappa shape index (κ3) is 2.75. The predicted octanol–water partition coefficient (Wildman–Crippen LogP) is 4.93. The summed E-state index contributed by atoms with van der Waals surface area (Å²) in [4.78, 5) is 15.7. The number of carbonyl (C=O) groups excluding carboxylic acids is 1. The average molecular weight is 277 g/mol. The number of fused-ring (bicyclic) bond motifs is 1. The van der Waals surface area contributed by atoms with Gasteiger partial charge in [-0.05, 0) is 24.0 Å². The Kier molecular flexibility index (Phi) is 3.87. The molecule has 0 aliphatic heterocycles. The zero-order valence-corrected chi connectivity index (χ0v) is 12.2. The minimum absolute atomic E-state index is 0.215. The fourth-order valence-corrected chi connectivity index (χ4v) is 2.87. The lowest BCUT2D eigenvalue weighted by atomic mass is 9.89. The molecule has 0 saturated carbocycles. The summed E-state index contributed by atoms with van der Waals surface area (Å²) in [6, 6.07) is 17.8. The first-order chi connectivity index (χ1) is 10.3. The van der Waals surface area contributed by atoms with Gasteiger partial charge in [0.2, 0.25) is 0 Å². The van der Waals surface area contributed by atoms with Crippen LogP contribution in [-0.4, -0.2) is 10.8 Å². The maximum Gasteiger partial charge on any atom is 0.163 e. The Morgan fingerprint density at radius 1 is 1.05 bits per heavy atom. The molecular weight excluding hydrogens is 258 g/mol. The van der Waals surface area contributed by atoms with Gasteiger partial charge in [0.15, 0.2) is 5.78 Å². The number of aromatic amines is 1. The smallest absolute Gasteiger partial charge is 0.163 e. The van der Waals surface area contributed by atoms with Gasteiger partial charge in [0.1, 0.15) is 0 Å². The van der Waals surface area contributed by atoms with Gasteiger partial charge in [-0.2, -0.15) is 0 Å². The number of aromatic nitrogens is 1. The number of hydrogen-bond acceptors (Lipinski definition) is 1. The Morgan fingerprint density at radius 2 is 1.76 bits per heavy atom. The number of H-pyrrole nitrogens is 1. The van der Waals surface area contributed by atoms with E-state index in [4.69, 9.17) is 0 Å². The molecule has 0 fully saturated rings. The van der Waals surface area contributed by atoms with Crippen LogP contribution in [0.1, 0.15) is 41.6 Å². The zero-order valence-electron chi connectivity index (χ0n) is 12.2. The normalized spacial score (nSPS) is 12.4. The molecular formula is C19H19NO. The fraction of sp³-hybridized carbons (Fsp3) is 0.211. The van der Waals surface area contributed by atoms with Gasteiger partial charge in [-0.1, -0.05) is 55.5 Å². The molecule has 1 heterocycles. The van der Waals surface area contributed by atoms with Crippen LogP contribution >= 0.6 is 0 Å². The number of benzene rings is 2. The second-order valence-electron chi connectivity index (χ2n) is 5.39. The van der Waals surface area contributed by atoms with E-state index < -0.39 is 0 Å². The minimum Gasteiger partial charge on any atom is -0.361 e. The summed E-state index contributed by atoms with van der Waals surface area (Å²) in [5.41, 5.74) is 3.19. The summed E-state index contributed by atoms with van der Waals surface area (Å²) < 4.78 is 0. The van der Waals surface area contributed by atoms with Crippen molar-refractivity contribution in [3.8, 4) is 0 Å². The molecule has 21 heavy (non-hydrogen) atoms. The molecule has 2 aromatic carbocycles. The first-order valence-corrected chi connectivity index (χ1v) is 7.44. The second kappa shape index (κ2) is 5.96. The van der Waals surface area contributed by atoms with Crippen LogP contribution in [0.25, 0.3) is 10.9 Å². The predicted molar refractivity (Wildman–Crippen MR) is 86.7 cm³/mol. The van der Waals surface area contributed by atoms with Crippen LogP contribution in [0.5, 0.6) is 0 Å². The van der Waals surface area contributed by atoms with Gasteiger partial charge in [-0.25, -0.2) is 0 Å². The van der Waals surface area contributed by atoms with Crippen molar-refractivity contribution in [2.24, 2.45) is 0 Å². The van der Waals surface area contributed by atoms with Crippen LogP contribution in [0.15, 0.2) is 60.8 Å². The second-order valence-corrected chi connectivity index (χ2v) is 5.39. The number of ketones is 1. The SMILES string of the molecule is CC[C@H](CC(=O)c1ccccc1)c1c[nH]c2ccccc12. The molecule has 0 aliphatic carbocycles. The lowest BCUT2D eigenvalue weighted by molar-refractivity contribution is 0.0973. The Bertz CT molecular complexity index is 742. The van der Waals surface area contributed by atoms with Crippen molar-refractivity contribution in [1.82, 2.24) is 4.98 Å². The van der Waals surface area contributed by atoms with E-state index >= 15 is 0 Å². The van der Waals surface area contributed by atoms with Crippen molar-refractivity contribution < 1.29 is 4.79 Å². The van der Waals surface area contributed by atoms with Crippen molar-refractivity contribution in [1.29, 1.82) is 0 Å². The molecule has 1 aromatic heterocycles. The monoisotopic (exact) mass is 277 g/mol. The van der Waals surface area contributed by atoms with E-state index in [1.54, 1.807) is 0 Å². The minimum atomic E-state index is 0.215. The molecule has 3 aromatic rings. The van der Waals surface area contributed by atoms with E-state index in [9.17, 15) is 4.79 Å². The van der Waals surface area contributed by atoms with E-state index in [1.165, 1.54) is 10.9 Å². The van der Waals surface area contributed by atoms with Crippen molar-refractivity contribution in [2.45, 2.75) is 25.7 Å². The molecule has 0 radical (unpaired) electrons. The molecule has 0 unspecified atom stereocenters. The Morgan fingerprint density at radius 3 is 2.52 bits per heavy atom. The highest BCUT2D eigenvalue weighted by molar-refractivity contribution is 5.97. The number of nitrogens with one attached hydrogen (secondary N) is 1. The van der Waals surface area contributed by atoms with E-state index in [-0.39, 0.29) is 11.7 Å². The largest absolute Gasteiger partial charge is 0.361 e. The quantitative estimate of drug-likeness (QED) is 0.659. The lowest BCUT2D eigenvalue weighted by Crippen LogP contribution is -2.06. The van der Waals surface area contributed by atoms with Crippen molar-refractivity contribution in [3.63, 3.8) is 0 Å². The van der Waals surface area contributed by atoms with Crippen molar-refractivity contribution in [3.05, 3.63) is 71.9 Å². The number of hydrogen-bond donors (Lipinski definition) is 1. The van der Waals surface area contributed by atoms with Gasteiger partial charge in [0.05, 0.1) is 0 Å². The van der Waals surface area contributed by atoms with Gasteiger partial charge < -0.3 is 4.98 Å². The van der Waals surface area contributed by atoms with Gasteiger partial charge in [-0.15, -0.1) is 0 Å². The number of Topliss-reactive ketones (excluding diaryl/α,β-unsaturated/α-hetero) is 1. The zero-order chi connectivity index (χ0) is 14.7. The summed E-state index contributed by atoms with van der Waals surface area (Å²) in [6.45, 7) is 2.14. The highest BCUT2D eigenvalue weighted by Crippen LogP contribution is 2.31. The topological polar surface area (TPSA) is 32.9 Å². The molecule has 0 spiro atoms.